The lowest BCUT2D eigenvalue weighted by molar-refractivity contribution is -0.127. The van der Waals surface area contributed by atoms with E-state index in [1.54, 1.807) is 14.2 Å². The van der Waals surface area contributed by atoms with Crippen LogP contribution >= 0.6 is 0 Å². The van der Waals surface area contributed by atoms with Gasteiger partial charge in [0.15, 0.2) is 17.3 Å². The van der Waals surface area contributed by atoms with Crippen LogP contribution in [0.4, 0.5) is 0 Å². The van der Waals surface area contributed by atoms with E-state index in [-0.39, 0.29) is 11.8 Å². The van der Waals surface area contributed by atoms with Gasteiger partial charge < -0.3 is 18.9 Å². The molecule has 1 aromatic heterocycles. The number of hydrogen-bond donors (Lipinski definition) is 0. The monoisotopic (exact) mass is 399 g/mol. The fraction of sp³-hybridized carbons (Fsp3) is 0.591. The van der Waals surface area contributed by atoms with E-state index in [0.29, 0.717) is 42.8 Å². The maximum Gasteiger partial charge on any atom is 0.232 e. The van der Waals surface area contributed by atoms with Crippen LogP contribution in [0.5, 0.6) is 11.5 Å². The van der Waals surface area contributed by atoms with Gasteiger partial charge in [-0.3, -0.25) is 4.79 Å². The third kappa shape index (κ3) is 4.54. The minimum absolute atomic E-state index is 0.00210. The predicted molar refractivity (Wildman–Crippen MR) is 107 cm³/mol. The molecular weight excluding hydrogens is 370 g/mol. The molecule has 0 bridgehead atoms. The second kappa shape index (κ2) is 8.84. The summed E-state index contributed by atoms with van der Waals surface area (Å²) < 4.78 is 16.1. The van der Waals surface area contributed by atoms with Gasteiger partial charge in [0.25, 0.3) is 0 Å². The zero-order valence-corrected chi connectivity index (χ0v) is 17.2. The molecule has 1 unspecified atom stereocenters. The molecule has 1 saturated heterocycles. The second-order valence-electron chi connectivity index (χ2n) is 8.08. The highest BCUT2D eigenvalue weighted by Crippen LogP contribution is 2.31. The van der Waals surface area contributed by atoms with E-state index in [1.807, 2.05) is 23.1 Å². The van der Waals surface area contributed by atoms with Gasteiger partial charge in [0.05, 0.1) is 20.1 Å². The lowest BCUT2D eigenvalue weighted by atomic mass is 10.0. The van der Waals surface area contributed by atoms with E-state index in [0.717, 1.165) is 24.2 Å². The Labute approximate surface area is 171 Å². The number of amides is 1. The molecule has 7 heteroatoms. The van der Waals surface area contributed by atoms with Gasteiger partial charge in [0.1, 0.15) is 0 Å². The highest BCUT2D eigenvalue weighted by molar-refractivity contribution is 5.79. The number of likely N-dealkylation sites (tertiary alicyclic amines) is 1. The van der Waals surface area contributed by atoms with Gasteiger partial charge in [-0.1, -0.05) is 36.9 Å². The molecule has 1 atom stereocenters. The van der Waals surface area contributed by atoms with Gasteiger partial charge in [0.2, 0.25) is 11.8 Å². The molecule has 1 aliphatic carbocycles. The molecule has 2 heterocycles. The molecule has 4 rings (SSSR count). The maximum absolute atomic E-state index is 12.5. The van der Waals surface area contributed by atoms with Crippen molar-refractivity contribution in [2.24, 2.45) is 5.92 Å². The predicted octanol–water partition coefficient (Wildman–Crippen LogP) is 3.38. The Morgan fingerprint density at radius 1 is 1.17 bits per heavy atom. The van der Waals surface area contributed by atoms with E-state index >= 15 is 0 Å². The minimum Gasteiger partial charge on any atom is -0.493 e. The highest BCUT2D eigenvalue weighted by Gasteiger charge is 2.34. The quantitative estimate of drug-likeness (QED) is 0.677. The van der Waals surface area contributed by atoms with Crippen molar-refractivity contribution in [2.45, 2.75) is 50.9 Å². The summed E-state index contributed by atoms with van der Waals surface area (Å²) >= 11 is 0. The van der Waals surface area contributed by atoms with Gasteiger partial charge in [0, 0.05) is 25.9 Å². The molecule has 2 fully saturated rings. The summed E-state index contributed by atoms with van der Waals surface area (Å²) in [6, 6.07) is 5.87. The molecular formula is C22H29N3O4. The zero-order valence-electron chi connectivity index (χ0n) is 17.2. The van der Waals surface area contributed by atoms with Gasteiger partial charge in [-0.15, -0.1) is 0 Å². The molecule has 1 saturated carbocycles. The van der Waals surface area contributed by atoms with Gasteiger partial charge in [-0.2, -0.15) is 4.98 Å². The number of aromatic nitrogens is 2. The van der Waals surface area contributed by atoms with Gasteiger partial charge >= 0.3 is 0 Å². The number of hydrogen-bond acceptors (Lipinski definition) is 6. The standard InChI is InChI=1S/C22H29N3O4/c1-27-18-8-7-16(11-19(18)28-2)9-10-25-14-17(13-21(25)26)22-23-20(24-29-22)12-15-5-3-4-6-15/h7-8,11,15,17H,3-6,9-10,12-14H2,1-2H3. The Balaban J connectivity index is 1.33. The third-order valence-corrected chi connectivity index (χ3v) is 6.11. The first-order valence-corrected chi connectivity index (χ1v) is 10.5. The molecule has 1 aromatic carbocycles. The third-order valence-electron chi connectivity index (χ3n) is 6.11. The topological polar surface area (TPSA) is 77.7 Å². The first-order chi connectivity index (χ1) is 14.2. The molecule has 2 aromatic rings. The van der Waals surface area contributed by atoms with Crippen LogP contribution < -0.4 is 9.47 Å². The number of ether oxygens (including phenoxy) is 2. The Morgan fingerprint density at radius 2 is 1.97 bits per heavy atom. The summed E-state index contributed by atoms with van der Waals surface area (Å²) in [4.78, 5) is 19.0. The van der Waals surface area contributed by atoms with Crippen molar-refractivity contribution < 1.29 is 18.8 Å². The van der Waals surface area contributed by atoms with E-state index in [2.05, 4.69) is 10.1 Å². The molecule has 2 aliphatic rings. The number of nitrogens with zero attached hydrogens (tertiary/aromatic N) is 3. The Kier molecular flexibility index (Phi) is 6.02. The summed E-state index contributed by atoms with van der Waals surface area (Å²) in [5.41, 5.74) is 1.11. The lowest BCUT2D eigenvalue weighted by Gasteiger charge is -2.16. The zero-order chi connectivity index (χ0) is 20.2. The van der Waals surface area contributed by atoms with Crippen molar-refractivity contribution in [2.75, 3.05) is 27.3 Å². The fourth-order valence-corrected chi connectivity index (χ4v) is 4.44. The van der Waals surface area contributed by atoms with Crippen LogP contribution in [0.3, 0.4) is 0 Å². The average molecular weight is 399 g/mol. The first-order valence-electron chi connectivity index (χ1n) is 10.5. The van der Waals surface area contributed by atoms with Crippen LogP contribution in [0.25, 0.3) is 0 Å². The highest BCUT2D eigenvalue weighted by atomic mass is 16.5. The number of rotatable bonds is 8. The van der Waals surface area contributed by atoms with Crippen molar-refractivity contribution in [1.29, 1.82) is 0 Å². The maximum atomic E-state index is 12.5. The van der Waals surface area contributed by atoms with Crippen molar-refractivity contribution >= 4 is 5.91 Å². The van der Waals surface area contributed by atoms with Crippen LogP contribution in [-0.2, 0) is 17.6 Å². The van der Waals surface area contributed by atoms with Gasteiger partial charge in [-0.05, 0) is 30.0 Å². The van der Waals surface area contributed by atoms with Crippen LogP contribution in [0.15, 0.2) is 22.7 Å². The summed E-state index contributed by atoms with van der Waals surface area (Å²) in [6.45, 7) is 1.30. The number of carbonyl (C=O) groups is 1. The van der Waals surface area contributed by atoms with E-state index < -0.39 is 0 Å². The van der Waals surface area contributed by atoms with Crippen LogP contribution in [0.2, 0.25) is 0 Å². The van der Waals surface area contributed by atoms with E-state index in [1.165, 1.54) is 25.7 Å². The molecule has 0 N–H and O–H groups in total. The Morgan fingerprint density at radius 3 is 2.72 bits per heavy atom. The van der Waals surface area contributed by atoms with Crippen LogP contribution in [0, 0.1) is 5.92 Å². The summed E-state index contributed by atoms with van der Waals surface area (Å²) in [7, 11) is 3.25. The molecule has 29 heavy (non-hydrogen) atoms. The number of methoxy groups -OCH3 is 2. The summed E-state index contributed by atoms with van der Waals surface area (Å²) in [5, 5.41) is 4.16. The lowest BCUT2D eigenvalue weighted by Crippen LogP contribution is -2.27. The molecule has 7 nitrogen and oxygen atoms in total. The van der Waals surface area contributed by atoms with E-state index in [9.17, 15) is 4.79 Å². The normalized spacial score (nSPS) is 19.9. The van der Waals surface area contributed by atoms with Crippen LogP contribution in [0.1, 0.15) is 55.3 Å². The number of carbonyl (C=O) groups excluding carboxylic acids is 1. The Bertz CT molecular complexity index is 844. The van der Waals surface area contributed by atoms with E-state index in [4.69, 9.17) is 14.0 Å². The summed E-state index contributed by atoms with van der Waals surface area (Å²) in [6.07, 6.45) is 7.23. The second-order valence-corrected chi connectivity index (χ2v) is 8.08. The van der Waals surface area contributed by atoms with Gasteiger partial charge in [-0.25, -0.2) is 0 Å². The smallest absolute Gasteiger partial charge is 0.232 e. The Hall–Kier alpha value is -2.57. The molecule has 0 radical (unpaired) electrons. The van der Waals surface area contributed by atoms with Crippen LogP contribution in [-0.4, -0.2) is 48.3 Å². The molecule has 1 amide bonds. The molecule has 1 aliphatic heterocycles. The fourth-order valence-electron chi connectivity index (χ4n) is 4.44. The van der Waals surface area contributed by atoms with Crippen molar-refractivity contribution in [1.82, 2.24) is 15.0 Å². The minimum atomic E-state index is -0.00210. The van der Waals surface area contributed by atoms with Crippen molar-refractivity contribution in [3.63, 3.8) is 0 Å². The number of benzene rings is 1. The average Bonchev–Trinajstić information content (AvgIpc) is 3.48. The largest absolute Gasteiger partial charge is 0.493 e. The summed E-state index contributed by atoms with van der Waals surface area (Å²) in [5.74, 6) is 3.64. The molecule has 0 spiro atoms. The van der Waals surface area contributed by atoms with Crippen molar-refractivity contribution in [3.8, 4) is 11.5 Å². The first kappa shape index (κ1) is 19.7. The molecule has 156 valence electrons. The SMILES string of the molecule is COc1ccc(CCN2CC(c3nc(CC4CCCC4)no3)CC2=O)cc1OC. The van der Waals surface area contributed by atoms with Crippen molar-refractivity contribution in [3.05, 3.63) is 35.5 Å².